The summed E-state index contributed by atoms with van der Waals surface area (Å²) in [6, 6.07) is 11.7. The van der Waals surface area contributed by atoms with Crippen molar-refractivity contribution in [2.45, 2.75) is 13.2 Å². The largest absolute Gasteiger partial charge is 0.497 e. The summed E-state index contributed by atoms with van der Waals surface area (Å²) in [7, 11) is 3.24. The second-order valence-electron chi connectivity index (χ2n) is 6.62. The van der Waals surface area contributed by atoms with Crippen LogP contribution in [0.2, 0.25) is 0 Å². The standard InChI is InChI=1S/C21H24F2N2O4/c1-27-16-7-8-18(28-2)15(13-16)14-24-9-11-25(12-10-24)20(26)17-5-3-4-6-19(17)29-21(22)23/h3-8,13,21H,9-12,14H2,1-2H3. The normalized spacial score (nSPS) is 14.7. The topological polar surface area (TPSA) is 51.2 Å². The lowest BCUT2D eigenvalue weighted by molar-refractivity contribution is -0.0503. The van der Waals surface area contributed by atoms with E-state index >= 15 is 0 Å². The van der Waals surface area contributed by atoms with Crippen LogP contribution in [0.5, 0.6) is 17.2 Å². The van der Waals surface area contributed by atoms with Gasteiger partial charge in [0, 0.05) is 38.3 Å². The first kappa shape index (κ1) is 20.9. The predicted molar refractivity (Wildman–Crippen MR) is 104 cm³/mol. The van der Waals surface area contributed by atoms with Gasteiger partial charge in [-0.05, 0) is 30.3 Å². The lowest BCUT2D eigenvalue weighted by Gasteiger charge is -2.35. The zero-order chi connectivity index (χ0) is 20.8. The van der Waals surface area contributed by atoms with Gasteiger partial charge in [-0.2, -0.15) is 8.78 Å². The molecule has 0 radical (unpaired) electrons. The van der Waals surface area contributed by atoms with Crippen LogP contribution in [-0.4, -0.2) is 62.7 Å². The Bertz CT molecular complexity index is 839. The van der Waals surface area contributed by atoms with Crippen LogP contribution in [0.3, 0.4) is 0 Å². The van der Waals surface area contributed by atoms with Crippen molar-refractivity contribution in [3.63, 3.8) is 0 Å². The Balaban J connectivity index is 1.63. The minimum absolute atomic E-state index is 0.101. The van der Waals surface area contributed by atoms with Crippen molar-refractivity contribution in [1.29, 1.82) is 0 Å². The van der Waals surface area contributed by atoms with E-state index in [0.29, 0.717) is 32.7 Å². The van der Waals surface area contributed by atoms with Crippen molar-refractivity contribution in [3.05, 3.63) is 53.6 Å². The van der Waals surface area contributed by atoms with Crippen LogP contribution in [0.25, 0.3) is 0 Å². The summed E-state index contributed by atoms with van der Waals surface area (Å²) in [6.45, 7) is -0.0115. The van der Waals surface area contributed by atoms with Gasteiger partial charge in [-0.15, -0.1) is 0 Å². The lowest BCUT2D eigenvalue weighted by Crippen LogP contribution is -2.48. The molecule has 6 nitrogen and oxygen atoms in total. The maximum absolute atomic E-state index is 12.8. The molecule has 0 atom stereocenters. The van der Waals surface area contributed by atoms with Gasteiger partial charge >= 0.3 is 6.61 Å². The average molecular weight is 406 g/mol. The van der Waals surface area contributed by atoms with Crippen molar-refractivity contribution in [1.82, 2.24) is 9.80 Å². The first-order valence-corrected chi connectivity index (χ1v) is 9.28. The van der Waals surface area contributed by atoms with Crippen LogP contribution in [0.1, 0.15) is 15.9 Å². The molecule has 0 aromatic heterocycles. The number of carbonyl (C=O) groups is 1. The number of halogens is 2. The molecule has 1 heterocycles. The highest BCUT2D eigenvalue weighted by Crippen LogP contribution is 2.26. The fraction of sp³-hybridized carbons (Fsp3) is 0.381. The summed E-state index contributed by atoms with van der Waals surface area (Å²) < 4.78 is 40.4. The fourth-order valence-electron chi connectivity index (χ4n) is 3.37. The van der Waals surface area contributed by atoms with Crippen molar-refractivity contribution in [2.24, 2.45) is 0 Å². The SMILES string of the molecule is COc1ccc(OC)c(CN2CCN(C(=O)c3ccccc3OC(F)F)CC2)c1. The van der Waals surface area contributed by atoms with E-state index in [-0.39, 0.29) is 17.2 Å². The average Bonchev–Trinajstić information content (AvgIpc) is 2.73. The van der Waals surface area contributed by atoms with Gasteiger partial charge in [0.25, 0.3) is 5.91 Å². The van der Waals surface area contributed by atoms with Gasteiger partial charge in [0.15, 0.2) is 0 Å². The van der Waals surface area contributed by atoms with E-state index in [1.165, 1.54) is 12.1 Å². The van der Waals surface area contributed by atoms with E-state index in [4.69, 9.17) is 9.47 Å². The molecule has 2 aromatic carbocycles. The van der Waals surface area contributed by atoms with Crippen molar-refractivity contribution >= 4 is 5.91 Å². The number of carbonyl (C=O) groups excluding carboxylic acids is 1. The number of rotatable bonds is 7. The van der Waals surface area contributed by atoms with E-state index in [0.717, 1.165) is 17.1 Å². The minimum atomic E-state index is -2.97. The quantitative estimate of drug-likeness (QED) is 0.707. The number of nitrogens with zero attached hydrogens (tertiary/aromatic N) is 2. The van der Waals surface area contributed by atoms with Crippen molar-refractivity contribution < 1.29 is 27.8 Å². The third kappa shape index (κ3) is 5.14. The summed E-state index contributed by atoms with van der Waals surface area (Å²) >= 11 is 0. The maximum Gasteiger partial charge on any atom is 0.387 e. The molecule has 1 aliphatic heterocycles. The number of benzene rings is 2. The number of ether oxygens (including phenoxy) is 3. The number of piperazine rings is 1. The molecule has 156 valence electrons. The van der Waals surface area contributed by atoms with E-state index in [2.05, 4.69) is 9.64 Å². The van der Waals surface area contributed by atoms with Gasteiger partial charge in [0.1, 0.15) is 17.2 Å². The Morgan fingerprint density at radius 2 is 1.72 bits per heavy atom. The third-order valence-electron chi connectivity index (χ3n) is 4.87. The highest BCUT2D eigenvalue weighted by Gasteiger charge is 2.25. The predicted octanol–water partition coefficient (Wildman–Crippen LogP) is 3.26. The van der Waals surface area contributed by atoms with Gasteiger partial charge in [-0.3, -0.25) is 9.69 Å². The molecule has 0 unspecified atom stereocenters. The Hall–Kier alpha value is -2.87. The third-order valence-corrected chi connectivity index (χ3v) is 4.87. The van der Waals surface area contributed by atoms with Gasteiger partial charge in [-0.1, -0.05) is 12.1 Å². The Kier molecular flexibility index (Phi) is 6.87. The van der Waals surface area contributed by atoms with Crippen LogP contribution in [0.4, 0.5) is 8.78 Å². The van der Waals surface area contributed by atoms with E-state index in [1.807, 2.05) is 18.2 Å². The molecular weight excluding hydrogens is 382 g/mol. The summed E-state index contributed by atoms with van der Waals surface area (Å²) in [4.78, 5) is 16.7. The van der Waals surface area contributed by atoms with E-state index < -0.39 is 6.61 Å². The summed E-state index contributed by atoms with van der Waals surface area (Å²) in [5.41, 5.74) is 1.15. The molecule has 1 fully saturated rings. The van der Waals surface area contributed by atoms with Crippen LogP contribution in [0.15, 0.2) is 42.5 Å². The second-order valence-corrected chi connectivity index (χ2v) is 6.62. The lowest BCUT2D eigenvalue weighted by atomic mass is 10.1. The molecule has 1 amide bonds. The maximum atomic E-state index is 12.8. The monoisotopic (exact) mass is 406 g/mol. The molecule has 0 N–H and O–H groups in total. The number of hydrogen-bond acceptors (Lipinski definition) is 5. The molecule has 29 heavy (non-hydrogen) atoms. The molecular formula is C21H24F2N2O4. The molecule has 2 aromatic rings. The summed E-state index contributed by atoms with van der Waals surface area (Å²) in [5.74, 6) is 1.13. The zero-order valence-electron chi connectivity index (χ0n) is 16.4. The van der Waals surface area contributed by atoms with E-state index in [9.17, 15) is 13.6 Å². The number of para-hydroxylation sites is 1. The molecule has 1 saturated heterocycles. The molecule has 0 aliphatic carbocycles. The summed E-state index contributed by atoms with van der Waals surface area (Å²) in [5, 5.41) is 0. The Morgan fingerprint density at radius 3 is 2.38 bits per heavy atom. The van der Waals surface area contributed by atoms with Gasteiger partial charge < -0.3 is 19.1 Å². The molecule has 8 heteroatoms. The van der Waals surface area contributed by atoms with Crippen LogP contribution < -0.4 is 14.2 Å². The number of hydrogen-bond donors (Lipinski definition) is 0. The first-order valence-electron chi connectivity index (χ1n) is 9.28. The molecule has 3 rings (SSSR count). The van der Waals surface area contributed by atoms with Gasteiger partial charge in [-0.25, -0.2) is 0 Å². The number of alkyl halides is 2. The second kappa shape index (κ2) is 9.56. The smallest absolute Gasteiger partial charge is 0.387 e. The van der Waals surface area contributed by atoms with Crippen LogP contribution >= 0.6 is 0 Å². The summed E-state index contributed by atoms with van der Waals surface area (Å²) in [6.07, 6.45) is 0. The van der Waals surface area contributed by atoms with Crippen LogP contribution in [0, 0.1) is 0 Å². The Labute approximate surface area is 168 Å². The van der Waals surface area contributed by atoms with Crippen molar-refractivity contribution in [2.75, 3.05) is 40.4 Å². The highest BCUT2D eigenvalue weighted by atomic mass is 19.3. The molecule has 0 spiro atoms. The van der Waals surface area contributed by atoms with E-state index in [1.54, 1.807) is 31.3 Å². The van der Waals surface area contributed by atoms with Crippen molar-refractivity contribution in [3.8, 4) is 17.2 Å². The molecule has 0 saturated carbocycles. The van der Waals surface area contributed by atoms with Gasteiger partial charge in [0.2, 0.25) is 0 Å². The Morgan fingerprint density at radius 1 is 1.00 bits per heavy atom. The number of amides is 1. The molecule has 1 aliphatic rings. The van der Waals surface area contributed by atoms with Crippen LogP contribution in [-0.2, 0) is 6.54 Å². The molecule has 0 bridgehead atoms. The van der Waals surface area contributed by atoms with Gasteiger partial charge in [0.05, 0.1) is 19.8 Å². The fourth-order valence-corrected chi connectivity index (χ4v) is 3.37. The highest BCUT2D eigenvalue weighted by molar-refractivity contribution is 5.97. The first-order chi connectivity index (χ1) is 14.0. The minimum Gasteiger partial charge on any atom is -0.497 e. The number of methoxy groups -OCH3 is 2. The zero-order valence-corrected chi connectivity index (χ0v) is 16.4.